The number of carbonyl (C=O) groups excluding carboxylic acids is 1. The Morgan fingerprint density at radius 2 is 1.83 bits per heavy atom. The number of rotatable bonds is 10. The second-order valence-corrected chi connectivity index (χ2v) is 5.58. The standard InChI is InChI=1S/C16H28O2/c1-3-4-5-6-7-8-9-14(2)12-16(17)18-13-15-10-11-15/h12,15H,3-11,13H2,1-2H3/b14-12+. The number of allylic oxidation sites excluding steroid dienone is 1. The van der Waals surface area contributed by atoms with Gasteiger partial charge in [0.05, 0.1) is 6.61 Å². The van der Waals surface area contributed by atoms with E-state index in [1.165, 1.54) is 51.4 Å². The Labute approximate surface area is 112 Å². The highest BCUT2D eigenvalue weighted by molar-refractivity contribution is 5.82. The zero-order valence-corrected chi connectivity index (χ0v) is 12.0. The molecule has 104 valence electrons. The maximum Gasteiger partial charge on any atom is 0.330 e. The molecule has 18 heavy (non-hydrogen) atoms. The van der Waals surface area contributed by atoms with Crippen molar-refractivity contribution in [2.45, 2.75) is 71.6 Å². The minimum Gasteiger partial charge on any atom is -0.462 e. The van der Waals surface area contributed by atoms with Crippen molar-refractivity contribution < 1.29 is 9.53 Å². The monoisotopic (exact) mass is 252 g/mol. The smallest absolute Gasteiger partial charge is 0.330 e. The molecule has 0 saturated heterocycles. The molecule has 0 spiro atoms. The lowest BCUT2D eigenvalue weighted by Gasteiger charge is -2.03. The summed E-state index contributed by atoms with van der Waals surface area (Å²) in [5.41, 5.74) is 1.16. The van der Waals surface area contributed by atoms with Gasteiger partial charge in [0, 0.05) is 6.08 Å². The van der Waals surface area contributed by atoms with E-state index in [2.05, 4.69) is 6.92 Å². The molecule has 2 heteroatoms. The molecule has 0 amide bonds. The first kappa shape index (κ1) is 15.3. The molecule has 0 radical (unpaired) electrons. The number of carbonyl (C=O) groups is 1. The van der Waals surface area contributed by atoms with Gasteiger partial charge in [0.2, 0.25) is 0 Å². The van der Waals surface area contributed by atoms with Gasteiger partial charge < -0.3 is 4.74 Å². The molecule has 1 rings (SSSR count). The quantitative estimate of drug-likeness (QED) is 0.322. The Morgan fingerprint density at radius 1 is 1.17 bits per heavy atom. The summed E-state index contributed by atoms with van der Waals surface area (Å²) in [6, 6.07) is 0. The predicted molar refractivity (Wildman–Crippen MR) is 75.4 cm³/mol. The molecule has 0 N–H and O–H groups in total. The van der Waals surface area contributed by atoms with Crippen molar-refractivity contribution in [3.05, 3.63) is 11.6 Å². The number of unbranched alkanes of at least 4 members (excludes halogenated alkanes) is 5. The minimum atomic E-state index is -0.148. The molecule has 0 aliphatic heterocycles. The Balaban J connectivity index is 1.99. The molecule has 0 bridgehead atoms. The van der Waals surface area contributed by atoms with Crippen molar-refractivity contribution in [3.8, 4) is 0 Å². The van der Waals surface area contributed by atoms with E-state index in [1.54, 1.807) is 6.08 Å². The maximum absolute atomic E-state index is 11.5. The zero-order chi connectivity index (χ0) is 13.2. The van der Waals surface area contributed by atoms with E-state index in [9.17, 15) is 4.79 Å². The normalized spacial score (nSPS) is 15.8. The third-order valence-electron chi connectivity index (χ3n) is 3.45. The first-order valence-corrected chi connectivity index (χ1v) is 7.56. The van der Waals surface area contributed by atoms with E-state index in [4.69, 9.17) is 4.74 Å². The van der Waals surface area contributed by atoms with Crippen LogP contribution in [0.1, 0.15) is 71.6 Å². The average molecular weight is 252 g/mol. The lowest BCUT2D eigenvalue weighted by Crippen LogP contribution is -2.04. The molecule has 0 heterocycles. The van der Waals surface area contributed by atoms with Crippen LogP contribution in [0.5, 0.6) is 0 Å². The predicted octanol–water partition coefficient (Wildman–Crippen LogP) is 4.64. The minimum absolute atomic E-state index is 0.148. The summed E-state index contributed by atoms with van der Waals surface area (Å²) in [7, 11) is 0. The third kappa shape index (κ3) is 8.32. The highest BCUT2D eigenvalue weighted by Gasteiger charge is 2.22. The highest BCUT2D eigenvalue weighted by atomic mass is 16.5. The van der Waals surface area contributed by atoms with Crippen LogP contribution in [-0.2, 0) is 9.53 Å². The van der Waals surface area contributed by atoms with Crippen LogP contribution >= 0.6 is 0 Å². The van der Waals surface area contributed by atoms with Crippen molar-refractivity contribution in [3.63, 3.8) is 0 Å². The molecule has 2 nitrogen and oxygen atoms in total. The van der Waals surface area contributed by atoms with Crippen LogP contribution < -0.4 is 0 Å². The summed E-state index contributed by atoms with van der Waals surface area (Å²) >= 11 is 0. The Bertz CT molecular complexity index is 264. The summed E-state index contributed by atoms with van der Waals surface area (Å²) in [5.74, 6) is 0.506. The summed E-state index contributed by atoms with van der Waals surface area (Å²) < 4.78 is 5.18. The lowest BCUT2D eigenvalue weighted by atomic mass is 10.1. The van der Waals surface area contributed by atoms with E-state index in [0.717, 1.165) is 12.0 Å². The van der Waals surface area contributed by atoms with E-state index < -0.39 is 0 Å². The van der Waals surface area contributed by atoms with E-state index in [1.807, 2.05) is 6.92 Å². The Morgan fingerprint density at radius 3 is 2.50 bits per heavy atom. The van der Waals surface area contributed by atoms with Crippen molar-refractivity contribution in [1.82, 2.24) is 0 Å². The number of ether oxygens (including phenoxy) is 1. The van der Waals surface area contributed by atoms with Crippen molar-refractivity contribution in [2.75, 3.05) is 6.61 Å². The fourth-order valence-electron chi connectivity index (χ4n) is 1.98. The van der Waals surface area contributed by atoms with Crippen molar-refractivity contribution >= 4 is 5.97 Å². The number of esters is 1. The van der Waals surface area contributed by atoms with Gasteiger partial charge in [-0.25, -0.2) is 4.79 Å². The van der Waals surface area contributed by atoms with Crippen LogP contribution in [0.25, 0.3) is 0 Å². The first-order chi connectivity index (χ1) is 8.72. The van der Waals surface area contributed by atoms with Gasteiger partial charge in [-0.1, -0.05) is 44.6 Å². The fraction of sp³-hybridized carbons (Fsp3) is 0.812. The molecule has 0 aromatic rings. The lowest BCUT2D eigenvalue weighted by molar-refractivity contribution is -0.138. The van der Waals surface area contributed by atoms with Gasteiger partial charge in [-0.05, 0) is 38.5 Å². The zero-order valence-electron chi connectivity index (χ0n) is 12.0. The second-order valence-electron chi connectivity index (χ2n) is 5.58. The van der Waals surface area contributed by atoms with Crippen LogP contribution in [0.3, 0.4) is 0 Å². The molecule has 0 aromatic heterocycles. The Kier molecular flexibility index (Phi) is 7.79. The topological polar surface area (TPSA) is 26.3 Å². The number of hydrogen-bond acceptors (Lipinski definition) is 2. The fourth-order valence-corrected chi connectivity index (χ4v) is 1.98. The average Bonchev–Trinajstić information content (AvgIpc) is 3.15. The van der Waals surface area contributed by atoms with Crippen LogP contribution in [0.2, 0.25) is 0 Å². The van der Waals surface area contributed by atoms with E-state index >= 15 is 0 Å². The van der Waals surface area contributed by atoms with E-state index in [0.29, 0.717) is 12.5 Å². The van der Waals surface area contributed by atoms with Crippen LogP contribution in [-0.4, -0.2) is 12.6 Å². The van der Waals surface area contributed by atoms with Gasteiger partial charge in [0.1, 0.15) is 0 Å². The molecule has 1 fully saturated rings. The third-order valence-corrected chi connectivity index (χ3v) is 3.45. The van der Waals surface area contributed by atoms with Gasteiger partial charge in [-0.2, -0.15) is 0 Å². The highest BCUT2D eigenvalue weighted by Crippen LogP contribution is 2.28. The van der Waals surface area contributed by atoms with Crippen LogP contribution in [0.15, 0.2) is 11.6 Å². The maximum atomic E-state index is 11.5. The molecule has 0 aromatic carbocycles. The molecular formula is C16H28O2. The largest absolute Gasteiger partial charge is 0.462 e. The summed E-state index contributed by atoms with van der Waals surface area (Å²) in [5, 5.41) is 0. The van der Waals surface area contributed by atoms with Crippen LogP contribution in [0.4, 0.5) is 0 Å². The van der Waals surface area contributed by atoms with Crippen LogP contribution in [0, 0.1) is 5.92 Å². The van der Waals surface area contributed by atoms with Gasteiger partial charge in [-0.3, -0.25) is 0 Å². The molecule has 1 aliphatic carbocycles. The van der Waals surface area contributed by atoms with E-state index in [-0.39, 0.29) is 5.97 Å². The van der Waals surface area contributed by atoms with Gasteiger partial charge in [0.15, 0.2) is 0 Å². The molecule has 1 aliphatic rings. The number of hydrogen-bond donors (Lipinski definition) is 0. The molecule has 1 saturated carbocycles. The molecule has 0 unspecified atom stereocenters. The van der Waals surface area contributed by atoms with Gasteiger partial charge >= 0.3 is 5.97 Å². The summed E-state index contributed by atoms with van der Waals surface area (Å²) in [6.07, 6.45) is 13.0. The second kappa shape index (κ2) is 9.18. The molecular weight excluding hydrogens is 224 g/mol. The summed E-state index contributed by atoms with van der Waals surface area (Å²) in [4.78, 5) is 11.5. The Hall–Kier alpha value is -0.790. The van der Waals surface area contributed by atoms with Gasteiger partial charge in [0.25, 0.3) is 0 Å². The van der Waals surface area contributed by atoms with Crippen molar-refractivity contribution in [2.24, 2.45) is 5.92 Å². The van der Waals surface area contributed by atoms with Gasteiger partial charge in [-0.15, -0.1) is 0 Å². The summed E-state index contributed by atoms with van der Waals surface area (Å²) in [6.45, 7) is 4.89. The first-order valence-electron chi connectivity index (χ1n) is 7.56. The molecule has 0 atom stereocenters. The van der Waals surface area contributed by atoms with Crippen molar-refractivity contribution in [1.29, 1.82) is 0 Å². The SMILES string of the molecule is CCCCCCCC/C(C)=C/C(=O)OCC1CC1.